The molecule has 0 aromatic heterocycles. The molecule has 3 rings (SSSR count). The van der Waals surface area contributed by atoms with E-state index in [1.54, 1.807) is 42.5 Å². The molecular formula is C17H19FN4O3S. The zero-order valence-electron chi connectivity index (χ0n) is 13.9. The number of hydrogen-bond donors (Lipinski definition) is 2. The highest BCUT2D eigenvalue weighted by Crippen LogP contribution is 2.16. The second-order valence-electron chi connectivity index (χ2n) is 5.59. The van der Waals surface area contributed by atoms with Crippen LogP contribution in [0.5, 0.6) is 0 Å². The minimum absolute atomic E-state index is 0.333. The maximum atomic E-state index is 13.5. The summed E-state index contributed by atoms with van der Waals surface area (Å²) in [6.07, 6.45) is 1.38. The van der Waals surface area contributed by atoms with Crippen molar-refractivity contribution in [2.24, 2.45) is 5.10 Å². The van der Waals surface area contributed by atoms with Crippen LogP contribution in [0.15, 0.2) is 53.6 Å². The minimum Gasteiger partial charge on any atom is -0.379 e. The van der Waals surface area contributed by atoms with Crippen molar-refractivity contribution in [3.05, 3.63) is 59.9 Å². The van der Waals surface area contributed by atoms with E-state index in [1.807, 2.05) is 0 Å². The molecule has 0 spiro atoms. The van der Waals surface area contributed by atoms with Crippen LogP contribution in [-0.4, -0.2) is 45.2 Å². The molecule has 138 valence electrons. The summed E-state index contributed by atoms with van der Waals surface area (Å²) in [6.45, 7) is 1.45. The van der Waals surface area contributed by atoms with E-state index in [4.69, 9.17) is 4.74 Å². The van der Waals surface area contributed by atoms with Crippen LogP contribution in [0.1, 0.15) is 5.56 Å². The first-order valence-electron chi connectivity index (χ1n) is 8.04. The Kier molecular flexibility index (Phi) is 5.82. The van der Waals surface area contributed by atoms with Gasteiger partial charge in [0, 0.05) is 24.3 Å². The molecule has 1 saturated heterocycles. The molecule has 2 aromatic rings. The summed E-state index contributed by atoms with van der Waals surface area (Å²) in [5, 5.41) is 3.97. The largest absolute Gasteiger partial charge is 0.379 e. The Labute approximate surface area is 151 Å². The van der Waals surface area contributed by atoms with Gasteiger partial charge in [0.05, 0.1) is 25.1 Å². The molecule has 26 heavy (non-hydrogen) atoms. The maximum absolute atomic E-state index is 13.5. The molecule has 0 aliphatic carbocycles. The van der Waals surface area contributed by atoms with Gasteiger partial charge in [0.2, 0.25) is 0 Å². The fourth-order valence-corrected chi connectivity index (χ4v) is 3.56. The fourth-order valence-electron chi connectivity index (χ4n) is 2.37. The molecule has 1 fully saturated rings. The summed E-state index contributed by atoms with van der Waals surface area (Å²) < 4.78 is 47.1. The van der Waals surface area contributed by atoms with Crippen LogP contribution in [0.4, 0.5) is 15.8 Å². The molecule has 1 heterocycles. The van der Waals surface area contributed by atoms with E-state index in [0.717, 1.165) is 0 Å². The Hall–Kier alpha value is -2.49. The third-order valence-corrected chi connectivity index (χ3v) is 5.28. The Morgan fingerprint density at radius 1 is 1.04 bits per heavy atom. The van der Waals surface area contributed by atoms with Crippen LogP contribution in [0.3, 0.4) is 0 Å². The van der Waals surface area contributed by atoms with Crippen molar-refractivity contribution >= 4 is 27.8 Å². The number of hydrazone groups is 1. The van der Waals surface area contributed by atoms with Crippen LogP contribution in [0.2, 0.25) is 0 Å². The molecule has 0 atom stereocenters. The molecule has 2 aromatic carbocycles. The van der Waals surface area contributed by atoms with Gasteiger partial charge in [-0.1, -0.05) is 18.2 Å². The van der Waals surface area contributed by atoms with Gasteiger partial charge in [-0.25, -0.2) is 4.39 Å². The van der Waals surface area contributed by atoms with Gasteiger partial charge >= 0.3 is 10.2 Å². The lowest BCUT2D eigenvalue weighted by molar-refractivity contribution is 0.0733. The summed E-state index contributed by atoms with van der Waals surface area (Å²) in [5.41, 5.74) is 4.23. The number of ether oxygens (including phenoxy) is 1. The number of rotatable bonds is 6. The molecule has 7 nitrogen and oxygen atoms in total. The molecule has 0 unspecified atom stereocenters. The van der Waals surface area contributed by atoms with Crippen molar-refractivity contribution < 1.29 is 17.5 Å². The highest BCUT2D eigenvalue weighted by molar-refractivity contribution is 7.90. The Morgan fingerprint density at radius 3 is 2.38 bits per heavy atom. The van der Waals surface area contributed by atoms with Crippen LogP contribution in [0.25, 0.3) is 0 Å². The predicted molar refractivity (Wildman–Crippen MR) is 99.0 cm³/mol. The van der Waals surface area contributed by atoms with E-state index in [-0.39, 0.29) is 5.82 Å². The number of anilines is 2. The third-order valence-electron chi connectivity index (χ3n) is 3.74. The quantitative estimate of drug-likeness (QED) is 0.597. The number of hydrogen-bond acceptors (Lipinski definition) is 5. The van der Waals surface area contributed by atoms with Gasteiger partial charge < -0.3 is 4.74 Å². The second-order valence-corrected chi connectivity index (χ2v) is 7.26. The lowest BCUT2D eigenvalue weighted by Crippen LogP contribution is -2.43. The summed E-state index contributed by atoms with van der Waals surface area (Å²) in [7, 11) is -3.60. The Balaban J connectivity index is 1.59. The first-order valence-corrected chi connectivity index (χ1v) is 9.48. The highest BCUT2D eigenvalue weighted by atomic mass is 32.2. The maximum Gasteiger partial charge on any atom is 0.301 e. The number of nitrogens with one attached hydrogen (secondary N) is 2. The van der Waals surface area contributed by atoms with Crippen molar-refractivity contribution in [3.63, 3.8) is 0 Å². The average Bonchev–Trinajstić information content (AvgIpc) is 2.65. The molecule has 1 aliphatic rings. The number of benzene rings is 2. The molecule has 0 amide bonds. The topological polar surface area (TPSA) is 83.0 Å². The van der Waals surface area contributed by atoms with E-state index in [1.165, 1.54) is 16.6 Å². The standard InChI is InChI=1S/C17H19FN4O3S/c18-17-4-2-1-3-14(17)13-19-20-15-5-7-16(8-6-15)21-26(23,24)22-9-11-25-12-10-22/h1-8,13,20-21H,9-12H2/b19-13+. The summed E-state index contributed by atoms with van der Waals surface area (Å²) in [5.74, 6) is -0.356. The van der Waals surface area contributed by atoms with E-state index >= 15 is 0 Å². The smallest absolute Gasteiger partial charge is 0.301 e. The molecule has 2 N–H and O–H groups in total. The van der Waals surface area contributed by atoms with Gasteiger partial charge in [0.25, 0.3) is 0 Å². The number of morpholine rings is 1. The fraction of sp³-hybridized carbons (Fsp3) is 0.235. The summed E-state index contributed by atoms with van der Waals surface area (Å²) in [6, 6.07) is 12.9. The van der Waals surface area contributed by atoms with E-state index in [2.05, 4.69) is 15.2 Å². The van der Waals surface area contributed by atoms with Crippen LogP contribution in [0, 0.1) is 5.82 Å². The average molecular weight is 378 g/mol. The van der Waals surface area contributed by atoms with Crippen molar-refractivity contribution in [3.8, 4) is 0 Å². The molecule has 9 heteroatoms. The Morgan fingerprint density at radius 2 is 1.69 bits per heavy atom. The van der Waals surface area contributed by atoms with Crippen LogP contribution < -0.4 is 10.1 Å². The first kappa shape index (κ1) is 18.3. The SMILES string of the molecule is O=S(=O)(Nc1ccc(N/N=C/c2ccccc2F)cc1)N1CCOCC1. The van der Waals surface area contributed by atoms with Gasteiger partial charge in [-0.15, -0.1) is 0 Å². The van der Waals surface area contributed by atoms with Crippen molar-refractivity contribution in [1.82, 2.24) is 4.31 Å². The zero-order valence-corrected chi connectivity index (χ0v) is 14.7. The molecule has 0 bridgehead atoms. The van der Waals surface area contributed by atoms with Gasteiger partial charge in [-0.3, -0.25) is 10.1 Å². The van der Waals surface area contributed by atoms with Crippen molar-refractivity contribution in [2.75, 3.05) is 36.5 Å². The van der Waals surface area contributed by atoms with Gasteiger partial charge in [0.1, 0.15) is 5.82 Å². The summed E-state index contributed by atoms with van der Waals surface area (Å²) >= 11 is 0. The van der Waals surface area contributed by atoms with Gasteiger partial charge in [-0.2, -0.15) is 17.8 Å². The van der Waals surface area contributed by atoms with Gasteiger partial charge in [-0.05, 0) is 30.3 Å². The number of halogens is 1. The highest BCUT2D eigenvalue weighted by Gasteiger charge is 2.23. The first-order chi connectivity index (χ1) is 12.5. The zero-order chi connectivity index (χ0) is 18.4. The third kappa shape index (κ3) is 4.78. The van der Waals surface area contributed by atoms with E-state index < -0.39 is 10.2 Å². The number of nitrogens with zero attached hydrogens (tertiary/aromatic N) is 2. The van der Waals surface area contributed by atoms with E-state index in [9.17, 15) is 12.8 Å². The molecule has 1 aliphatic heterocycles. The van der Waals surface area contributed by atoms with Crippen molar-refractivity contribution in [1.29, 1.82) is 0 Å². The lowest BCUT2D eigenvalue weighted by Gasteiger charge is -2.26. The second kappa shape index (κ2) is 8.26. The summed E-state index contributed by atoms with van der Waals surface area (Å²) in [4.78, 5) is 0. The van der Waals surface area contributed by atoms with Gasteiger partial charge in [0.15, 0.2) is 0 Å². The Bertz CT molecular complexity index is 866. The minimum atomic E-state index is -3.60. The normalized spacial score (nSPS) is 15.9. The molecular weight excluding hydrogens is 359 g/mol. The lowest BCUT2D eigenvalue weighted by atomic mass is 10.2. The molecule has 0 saturated carbocycles. The predicted octanol–water partition coefficient (Wildman–Crippen LogP) is 2.26. The van der Waals surface area contributed by atoms with E-state index in [0.29, 0.717) is 43.2 Å². The van der Waals surface area contributed by atoms with Crippen LogP contribution >= 0.6 is 0 Å². The monoisotopic (exact) mass is 378 g/mol. The van der Waals surface area contributed by atoms with Crippen molar-refractivity contribution in [2.45, 2.75) is 0 Å². The van der Waals surface area contributed by atoms with Crippen LogP contribution in [-0.2, 0) is 14.9 Å². The molecule has 0 radical (unpaired) electrons.